The van der Waals surface area contributed by atoms with Gasteiger partial charge in [0.05, 0.1) is 13.1 Å². The second-order valence-electron chi connectivity index (χ2n) is 6.64. The van der Waals surface area contributed by atoms with Crippen molar-refractivity contribution in [2.45, 2.75) is 44.9 Å². The molecular formula is C16H15F6N5O3. The molecule has 3 heterocycles. The number of halogens is 6. The molecule has 1 amide bonds. The quantitative estimate of drug-likeness (QED) is 0.743. The van der Waals surface area contributed by atoms with Gasteiger partial charge in [0, 0.05) is 19.2 Å². The van der Waals surface area contributed by atoms with Crippen molar-refractivity contribution in [2.75, 3.05) is 6.54 Å². The molecule has 2 aromatic rings. The van der Waals surface area contributed by atoms with Gasteiger partial charge in [0.2, 0.25) is 0 Å². The Morgan fingerprint density at radius 1 is 1.23 bits per heavy atom. The zero-order valence-electron chi connectivity index (χ0n) is 15.3. The van der Waals surface area contributed by atoms with Gasteiger partial charge in [0.25, 0.3) is 11.4 Å². The summed E-state index contributed by atoms with van der Waals surface area (Å²) in [5.74, 6) is -1.37. The summed E-state index contributed by atoms with van der Waals surface area (Å²) < 4.78 is 82.8. The van der Waals surface area contributed by atoms with E-state index < -0.39 is 41.5 Å². The maximum absolute atomic E-state index is 12.8. The van der Waals surface area contributed by atoms with E-state index in [1.165, 1.54) is 6.92 Å². The molecule has 1 aliphatic rings. The van der Waals surface area contributed by atoms with Crippen molar-refractivity contribution in [1.29, 1.82) is 0 Å². The molecule has 3 rings (SSSR count). The number of amides is 1. The molecule has 8 nitrogen and oxygen atoms in total. The molecule has 0 unspecified atom stereocenters. The second-order valence-corrected chi connectivity index (χ2v) is 6.64. The van der Waals surface area contributed by atoms with Crippen LogP contribution in [0.1, 0.15) is 29.7 Å². The van der Waals surface area contributed by atoms with Crippen LogP contribution >= 0.6 is 0 Å². The number of nitrogens with one attached hydrogen (secondary N) is 1. The van der Waals surface area contributed by atoms with Crippen molar-refractivity contribution in [2.24, 2.45) is 0 Å². The van der Waals surface area contributed by atoms with Crippen LogP contribution in [0.15, 0.2) is 17.1 Å². The molecule has 0 bridgehead atoms. The van der Waals surface area contributed by atoms with E-state index in [-0.39, 0.29) is 37.4 Å². The maximum atomic E-state index is 12.8. The Labute approximate surface area is 164 Å². The molecule has 0 fully saturated rings. The van der Waals surface area contributed by atoms with Gasteiger partial charge in [-0.15, -0.1) is 5.10 Å². The van der Waals surface area contributed by atoms with E-state index in [2.05, 4.69) is 10.1 Å². The third-order valence-electron chi connectivity index (χ3n) is 4.27. The number of nitrogens with zero attached hydrogens (tertiary/aromatic N) is 4. The summed E-state index contributed by atoms with van der Waals surface area (Å²) in [5, 5.41) is 3.35. The number of fused-ring (bicyclic) bond motifs is 1. The van der Waals surface area contributed by atoms with E-state index in [9.17, 15) is 35.9 Å². The van der Waals surface area contributed by atoms with Crippen LogP contribution in [0.25, 0.3) is 0 Å². The largest absolute Gasteiger partial charge is 0.453 e. The predicted octanol–water partition coefficient (Wildman–Crippen LogP) is 2.59. The molecular weight excluding hydrogens is 424 g/mol. The lowest BCUT2D eigenvalue weighted by atomic mass is 10.1. The lowest BCUT2D eigenvalue weighted by Crippen LogP contribution is -2.40. The molecule has 0 spiro atoms. The number of H-pyrrole nitrogens is 1. The Balaban J connectivity index is 1.63. The van der Waals surface area contributed by atoms with E-state index in [1.54, 1.807) is 0 Å². The van der Waals surface area contributed by atoms with Crippen LogP contribution < -0.4 is 5.56 Å². The maximum Gasteiger partial charge on any atom is 0.453 e. The fourth-order valence-electron chi connectivity index (χ4n) is 2.89. The van der Waals surface area contributed by atoms with Crippen LogP contribution in [-0.4, -0.2) is 43.4 Å². The van der Waals surface area contributed by atoms with Crippen LogP contribution in [0.5, 0.6) is 0 Å². The van der Waals surface area contributed by atoms with Gasteiger partial charge in [-0.25, -0.2) is 14.5 Å². The number of hydrogen-bond donors (Lipinski definition) is 1. The fraction of sp³-hybridized carbons (Fsp3) is 0.500. The number of aromatic amines is 1. The summed E-state index contributed by atoms with van der Waals surface area (Å²) in [6, 6.07) is 0.672. The number of carbonyl (C=O) groups is 1. The van der Waals surface area contributed by atoms with E-state index in [1.807, 2.05) is 4.98 Å². The van der Waals surface area contributed by atoms with Gasteiger partial charge in [0.1, 0.15) is 17.5 Å². The Hall–Kier alpha value is -3.06. The predicted molar refractivity (Wildman–Crippen MR) is 87.1 cm³/mol. The minimum atomic E-state index is -4.83. The standard InChI is InChI=1S/C16H15F6N5O3/c1-8(4-9-5-10(15(17,18)19)12(28)23-6-9)30-14(29)26-2-3-27-11(7-26)24-13(25-27)16(20,21)22/h5-6,8H,2-4,7H2,1H3,(H,23,28)/t8-/m0/s1. The van der Waals surface area contributed by atoms with Gasteiger partial charge >= 0.3 is 18.4 Å². The van der Waals surface area contributed by atoms with Crippen LogP contribution in [0, 0.1) is 0 Å². The topological polar surface area (TPSA) is 93.1 Å². The van der Waals surface area contributed by atoms with Crippen molar-refractivity contribution in [3.8, 4) is 0 Å². The first-order chi connectivity index (χ1) is 13.8. The monoisotopic (exact) mass is 439 g/mol. The van der Waals surface area contributed by atoms with E-state index in [0.717, 1.165) is 15.8 Å². The summed E-state index contributed by atoms with van der Waals surface area (Å²) in [4.78, 5) is 30.1. The average molecular weight is 439 g/mol. The first-order valence-corrected chi connectivity index (χ1v) is 8.60. The van der Waals surface area contributed by atoms with Crippen molar-refractivity contribution in [1.82, 2.24) is 24.6 Å². The van der Waals surface area contributed by atoms with Gasteiger partial charge < -0.3 is 9.72 Å². The smallest absolute Gasteiger partial charge is 0.446 e. The SMILES string of the molecule is C[C@@H](Cc1c[nH]c(=O)c(C(F)(F)F)c1)OC(=O)N1CCn2nc(C(F)(F)F)nc2C1. The highest BCUT2D eigenvalue weighted by molar-refractivity contribution is 5.67. The molecule has 30 heavy (non-hydrogen) atoms. The molecule has 164 valence electrons. The van der Waals surface area contributed by atoms with Crippen molar-refractivity contribution in [3.63, 3.8) is 0 Å². The van der Waals surface area contributed by atoms with Crippen LogP contribution in [-0.2, 0) is 36.6 Å². The van der Waals surface area contributed by atoms with Gasteiger partial charge in [-0.05, 0) is 18.6 Å². The molecule has 0 aromatic carbocycles. The fourth-order valence-corrected chi connectivity index (χ4v) is 2.89. The van der Waals surface area contributed by atoms with Crippen molar-refractivity contribution >= 4 is 6.09 Å². The molecule has 2 aromatic heterocycles. The number of hydrogen-bond acceptors (Lipinski definition) is 5. The number of alkyl halides is 6. The lowest BCUT2D eigenvalue weighted by Gasteiger charge is -2.27. The highest BCUT2D eigenvalue weighted by Crippen LogP contribution is 2.28. The first-order valence-electron chi connectivity index (χ1n) is 8.60. The number of ether oxygens (including phenoxy) is 1. The molecule has 0 aliphatic carbocycles. The molecule has 1 atom stereocenters. The molecule has 1 aliphatic heterocycles. The van der Waals surface area contributed by atoms with Crippen LogP contribution in [0.4, 0.5) is 31.1 Å². The zero-order chi connectivity index (χ0) is 22.3. The molecule has 0 saturated carbocycles. The normalized spacial score (nSPS) is 15.6. The van der Waals surface area contributed by atoms with E-state index in [0.29, 0.717) is 6.07 Å². The summed E-state index contributed by atoms with van der Waals surface area (Å²) in [6.45, 7) is 1.18. The van der Waals surface area contributed by atoms with Crippen LogP contribution in [0.2, 0.25) is 0 Å². The number of carbonyl (C=O) groups excluding carboxylic acids is 1. The number of pyridine rings is 1. The Bertz CT molecular complexity index is 996. The minimum Gasteiger partial charge on any atom is -0.446 e. The summed E-state index contributed by atoms with van der Waals surface area (Å²) in [6.07, 6.45) is -10.3. The van der Waals surface area contributed by atoms with Crippen molar-refractivity contribution < 1.29 is 35.9 Å². The molecule has 0 radical (unpaired) electrons. The van der Waals surface area contributed by atoms with Gasteiger partial charge in [-0.3, -0.25) is 9.69 Å². The van der Waals surface area contributed by atoms with E-state index >= 15 is 0 Å². The Kier molecular flexibility index (Phi) is 5.52. The zero-order valence-corrected chi connectivity index (χ0v) is 15.3. The summed E-state index contributed by atoms with van der Waals surface area (Å²) in [5.41, 5.74) is -2.56. The number of aromatic nitrogens is 4. The number of rotatable bonds is 3. The van der Waals surface area contributed by atoms with Crippen LogP contribution in [0.3, 0.4) is 0 Å². The average Bonchev–Trinajstić information content (AvgIpc) is 3.06. The highest BCUT2D eigenvalue weighted by atomic mass is 19.4. The van der Waals surface area contributed by atoms with E-state index in [4.69, 9.17) is 4.74 Å². The van der Waals surface area contributed by atoms with Gasteiger partial charge in [-0.1, -0.05) is 0 Å². The summed E-state index contributed by atoms with van der Waals surface area (Å²) >= 11 is 0. The van der Waals surface area contributed by atoms with Gasteiger partial charge in [-0.2, -0.15) is 26.3 Å². The summed E-state index contributed by atoms with van der Waals surface area (Å²) in [7, 11) is 0. The minimum absolute atomic E-state index is 0.0171. The second kappa shape index (κ2) is 7.65. The third kappa shape index (κ3) is 4.74. The molecule has 1 N–H and O–H groups in total. The molecule has 14 heteroatoms. The van der Waals surface area contributed by atoms with Gasteiger partial charge in [0.15, 0.2) is 0 Å². The molecule has 0 saturated heterocycles. The Morgan fingerprint density at radius 3 is 2.57 bits per heavy atom. The third-order valence-corrected chi connectivity index (χ3v) is 4.27. The highest BCUT2D eigenvalue weighted by Gasteiger charge is 2.38. The Morgan fingerprint density at radius 2 is 1.93 bits per heavy atom. The first kappa shape index (κ1) is 21.6. The van der Waals surface area contributed by atoms with Crippen molar-refractivity contribution in [3.05, 3.63) is 45.4 Å². The lowest BCUT2D eigenvalue weighted by molar-refractivity contribution is -0.145.